The predicted octanol–water partition coefficient (Wildman–Crippen LogP) is 15.7. The number of hydrogen-bond donors (Lipinski definition) is 1. The zero-order valence-electron chi connectivity index (χ0n) is 33.3. The highest BCUT2D eigenvalue weighted by Gasteiger charge is 2.36. The molecule has 0 radical (unpaired) electrons. The second kappa shape index (κ2) is 27.5. The van der Waals surface area contributed by atoms with Crippen molar-refractivity contribution in [2.45, 2.75) is 254 Å². The lowest BCUT2D eigenvalue weighted by atomic mass is 9.62. The molecule has 3 unspecified atom stereocenters. The molecule has 46 heavy (non-hydrogen) atoms. The van der Waals surface area contributed by atoms with Gasteiger partial charge in [0.1, 0.15) is 0 Å². The van der Waals surface area contributed by atoms with E-state index in [1.807, 2.05) is 0 Å². The minimum atomic E-state index is 0.414. The Labute approximate surface area is 292 Å². The lowest BCUT2D eigenvalue weighted by Gasteiger charge is -2.43. The zero-order chi connectivity index (χ0) is 33.9. The van der Waals surface area contributed by atoms with Crippen LogP contribution in [0.3, 0.4) is 0 Å². The van der Waals surface area contributed by atoms with E-state index in [1.54, 1.807) is 5.57 Å². The van der Waals surface area contributed by atoms with Crippen LogP contribution < -0.4 is 5.73 Å². The van der Waals surface area contributed by atoms with Gasteiger partial charge in [0.2, 0.25) is 0 Å². The standard InChI is InChI=1S/C45H89N/c1-8-11-14-15-19-26-37-45(7,38-27-25-30-40(4)29-23-24-36-43(46)35-13-10-3)39-28-34-42(31-20-12-9-2)44(5,6)41-32-21-17-16-18-22-33-41/h29,41-43H,8-28,30-39,46H2,1-7H3/b40-29+. The van der Waals surface area contributed by atoms with E-state index in [0.29, 0.717) is 16.9 Å². The normalized spacial score (nSPS) is 18.2. The number of rotatable bonds is 29. The molecule has 2 N–H and O–H groups in total. The quantitative estimate of drug-likeness (QED) is 0.0637. The van der Waals surface area contributed by atoms with Crippen LogP contribution in [0.4, 0.5) is 0 Å². The SMILES string of the molecule is CCCCCCCCC(C)(CCCC/C(C)=C/CCCC(N)CCCC)CCCC(CCCCC)C(C)(C)C1CCCCCCC1. The summed E-state index contributed by atoms with van der Waals surface area (Å²) in [6, 6.07) is 0.414. The molecule has 1 heteroatoms. The highest BCUT2D eigenvalue weighted by molar-refractivity contribution is 4.97. The summed E-state index contributed by atoms with van der Waals surface area (Å²) < 4.78 is 0. The number of unbranched alkanes of at least 4 members (excludes halogenated alkanes) is 10. The maximum Gasteiger partial charge on any atom is 0.00389 e. The molecule has 1 nitrogen and oxygen atoms in total. The summed E-state index contributed by atoms with van der Waals surface area (Å²) in [5, 5.41) is 0. The van der Waals surface area contributed by atoms with Crippen LogP contribution in [0.15, 0.2) is 11.6 Å². The van der Waals surface area contributed by atoms with E-state index in [-0.39, 0.29) is 0 Å². The molecule has 1 saturated carbocycles. The third kappa shape index (κ3) is 20.9. The van der Waals surface area contributed by atoms with Crippen LogP contribution in [0.5, 0.6) is 0 Å². The van der Waals surface area contributed by atoms with Gasteiger partial charge < -0.3 is 5.73 Å². The van der Waals surface area contributed by atoms with Crippen molar-refractivity contribution in [3.8, 4) is 0 Å². The van der Waals surface area contributed by atoms with E-state index < -0.39 is 0 Å². The summed E-state index contributed by atoms with van der Waals surface area (Å²) in [5.74, 6) is 1.86. The smallest absolute Gasteiger partial charge is 0.00389 e. The summed E-state index contributed by atoms with van der Waals surface area (Å²) in [4.78, 5) is 0. The molecule has 0 aromatic rings. The maximum atomic E-state index is 6.30. The minimum Gasteiger partial charge on any atom is -0.328 e. The lowest BCUT2D eigenvalue weighted by molar-refractivity contribution is 0.0714. The Bertz CT molecular complexity index is 698. The molecule has 0 amide bonds. The Kier molecular flexibility index (Phi) is 26.2. The van der Waals surface area contributed by atoms with E-state index in [9.17, 15) is 0 Å². The van der Waals surface area contributed by atoms with Crippen molar-refractivity contribution in [1.29, 1.82) is 0 Å². The summed E-state index contributed by atoms with van der Waals surface area (Å²) >= 11 is 0. The molecule has 1 aliphatic rings. The largest absolute Gasteiger partial charge is 0.328 e. The second-order valence-electron chi connectivity index (χ2n) is 17.4. The van der Waals surface area contributed by atoms with Gasteiger partial charge in [0.15, 0.2) is 0 Å². The summed E-state index contributed by atoms with van der Waals surface area (Å²) in [6.45, 7) is 17.4. The first-order chi connectivity index (χ1) is 22.2. The van der Waals surface area contributed by atoms with E-state index in [2.05, 4.69) is 54.5 Å². The van der Waals surface area contributed by atoms with Crippen molar-refractivity contribution in [1.82, 2.24) is 0 Å². The second-order valence-corrected chi connectivity index (χ2v) is 17.4. The Hall–Kier alpha value is -0.300. The molecule has 1 fully saturated rings. The zero-order valence-corrected chi connectivity index (χ0v) is 33.3. The van der Waals surface area contributed by atoms with Gasteiger partial charge in [0, 0.05) is 6.04 Å². The summed E-state index contributed by atoms with van der Waals surface area (Å²) in [7, 11) is 0. The third-order valence-electron chi connectivity index (χ3n) is 12.6. The van der Waals surface area contributed by atoms with Gasteiger partial charge >= 0.3 is 0 Å². The topological polar surface area (TPSA) is 26.0 Å². The molecule has 274 valence electrons. The molecule has 1 aliphatic carbocycles. The van der Waals surface area contributed by atoms with E-state index in [1.165, 1.54) is 199 Å². The van der Waals surface area contributed by atoms with Crippen LogP contribution in [-0.2, 0) is 0 Å². The van der Waals surface area contributed by atoms with E-state index in [0.717, 1.165) is 11.8 Å². The highest BCUT2D eigenvalue weighted by atomic mass is 14.6. The van der Waals surface area contributed by atoms with Gasteiger partial charge in [-0.2, -0.15) is 0 Å². The lowest BCUT2D eigenvalue weighted by Crippen LogP contribution is -2.33. The average molecular weight is 644 g/mol. The molecule has 3 atom stereocenters. The van der Waals surface area contributed by atoms with Gasteiger partial charge in [-0.25, -0.2) is 0 Å². The van der Waals surface area contributed by atoms with Gasteiger partial charge in [-0.1, -0.05) is 169 Å². The summed E-state index contributed by atoms with van der Waals surface area (Å²) in [5.41, 5.74) is 8.96. The molecule has 0 heterocycles. The first-order valence-electron chi connectivity index (χ1n) is 21.6. The fourth-order valence-corrected chi connectivity index (χ4v) is 8.94. The highest BCUT2D eigenvalue weighted by Crippen LogP contribution is 2.47. The van der Waals surface area contributed by atoms with E-state index in [4.69, 9.17) is 5.73 Å². The van der Waals surface area contributed by atoms with Gasteiger partial charge in [-0.15, -0.1) is 0 Å². The van der Waals surface area contributed by atoms with Crippen molar-refractivity contribution in [3.63, 3.8) is 0 Å². The first kappa shape index (κ1) is 43.7. The molecular formula is C45H89N. The minimum absolute atomic E-state index is 0.414. The van der Waals surface area contributed by atoms with Crippen LogP contribution in [0.25, 0.3) is 0 Å². The molecule has 0 aromatic heterocycles. The number of hydrogen-bond acceptors (Lipinski definition) is 1. The van der Waals surface area contributed by atoms with Gasteiger partial charge in [-0.3, -0.25) is 0 Å². The van der Waals surface area contributed by atoms with Crippen molar-refractivity contribution in [2.75, 3.05) is 0 Å². The van der Waals surface area contributed by atoms with Crippen LogP contribution >= 0.6 is 0 Å². The Balaban J connectivity index is 2.70. The van der Waals surface area contributed by atoms with Gasteiger partial charge in [0.05, 0.1) is 0 Å². The first-order valence-corrected chi connectivity index (χ1v) is 21.6. The van der Waals surface area contributed by atoms with Gasteiger partial charge in [-0.05, 0) is 113 Å². The molecular weight excluding hydrogens is 555 g/mol. The fourth-order valence-electron chi connectivity index (χ4n) is 8.94. The van der Waals surface area contributed by atoms with Crippen molar-refractivity contribution in [3.05, 3.63) is 11.6 Å². The molecule has 0 saturated heterocycles. The Morgan fingerprint density at radius 1 is 0.609 bits per heavy atom. The fraction of sp³-hybridized carbons (Fsp3) is 0.956. The van der Waals surface area contributed by atoms with Gasteiger partial charge in [0.25, 0.3) is 0 Å². The average Bonchev–Trinajstić information content (AvgIpc) is 3.01. The Morgan fingerprint density at radius 3 is 1.80 bits per heavy atom. The van der Waals surface area contributed by atoms with Crippen LogP contribution in [-0.4, -0.2) is 6.04 Å². The summed E-state index contributed by atoms with van der Waals surface area (Å²) in [6.07, 6.45) is 46.0. The van der Waals surface area contributed by atoms with Crippen LogP contribution in [0, 0.1) is 22.7 Å². The van der Waals surface area contributed by atoms with E-state index >= 15 is 0 Å². The number of allylic oxidation sites excluding steroid dienone is 2. The maximum absolute atomic E-state index is 6.30. The molecule has 0 spiro atoms. The third-order valence-corrected chi connectivity index (χ3v) is 12.6. The van der Waals surface area contributed by atoms with Crippen LogP contribution in [0.1, 0.15) is 248 Å². The molecule has 0 aromatic carbocycles. The van der Waals surface area contributed by atoms with Crippen LogP contribution in [0.2, 0.25) is 0 Å². The molecule has 1 rings (SSSR count). The number of nitrogens with two attached hydrogens (primary N) is 1. The Morgan fingerprint density at radius 2 is 1.13 bits per heavy atom. The monoisotopic (exact) mass is 644 g/mol. The molecule has 0 aliphatic heterocycles. The van der Waals surface area contributed by atoms with Crippen molar-refractivity contribution >= 4 is 0 Å². The molecule has 0 bridgehead atoms. The van der Waals surface area contributed by atoms with Crippen molar-refractivity contribution < 1.29 is 0 Å². The predicted molar refractivity (Wildman–Crippen MR) is 211 cm³/mol. The van der Waals surface area contributed by atoms with Crippen molar-refractivity contribution in [2.24, 2.45) is 28.4 Å².